The second-order valence-corrected chi connectivity index (χ2v) is 22.5. The van der Waals surface area contributed by atoms with Crippen LogP contribution in [-0.4, -0.2) is 84.2 Å². The average Bonchev–Trinajstić information content (AvgIpc) is 3.59. The molecule has 3 fully saturated rings. The molecule has 11 heteroatoms. The predicted molar refractivity (Wildman–Crippen MR) is 226 cm³/mol. The molecule has 318 valence electrons. The van der Waals surface area contributed by atoms with Crippen molar-refractivity contribution < 1.29 is 46.7 Å². The Bertz CT molecular complexity index is 1820. The molecule has 0 amide bonds. The Labute approximate surface area is 351 Å². The highest BCUT2D eigenvalue weighted by molar-refractivity contribution is 6.73. The SMILES string of the molecule is CO[C@H]1O[C@H](CO[C@H]2O[C@@H]3CO[Si](C(C)(C)C)(C(C)(C)C)O[C@H]3[C@@H]2OCc2ccccc2)[C@@H](OCc2ccccc2)[C@H](OCc2ccccc2)[C@H]1OCc1ccccc1. The Morgan fingerprint density at radius 1 is 0.508 bits per heavy atom. The lowest BCUT2D eigenvalue weighted by atomic mass is 9.97. The smallest absolute Gasteiger partial charge is 0.349 e. The van der Waals surface area contributed by atoms with E-state index in [2.05, 4.69) is 53.7 Å². The van der Waals surface area contributed by atoms with Gasteiger partial charge in [0, 0.05) is 17.2 Å². The van der Waals surface area contributed by atoms with E-state index in [4.69, 9.17) is 46.7 Å². The van der Waals surface area contributed by atoms with Crippen LogP contribution in [0.1, 0.15) is 63.8 Å². The Hall–Kier alpha value is -3.30. The minimum Gasteiger partial charge on any atom is -0.391 e. The molecule has 10 nitrogen and oxygen atoms in total. The van der Waals surface area contributed by atoms with Gasteiger partial charge in [0.2, 0.25) is 0 Å². The Kier molecular flexibility index (Phi) is 14.5. The molecule has 0 N–H and O–H groups in total. The van der Waals surface area contributed by atoms with Crippen LogP contribution < -0.4 is 0 Å². The van der Waals surface area contributed by atoms with Gasteiger partial charge in [-0.05, 0) is 22.3 Å². The summed E-state index contributed by atoms with van der Waals surface area (Å²) in [6, 6.07) is 40.3. The number of hydrogen-bond acceptors (Lipinski definition) is 10. The molecule has 59 heavy (non-hydrogen) atoms. The Balaban J connectivity index is 1.17. The van der Waals surface area contributed by atoms with Gasteiger partial charge in [-0.1, -0.05) is 163 Å². The highest BCUT2D eigenvalue weighted by atomic mass is 28.4. The van der Waals surface area contributed by atoms with Gasteiger partial charge in [0.15, 0.2) is 12.6 Å². The Morgan fingerprint density at radius 3 is 1.37 bits per heavy atom. The maximum Gasteiger partial charge on any atom is 0.349 e. The van der Waals surface area contributed by atoms with Crippen LogP contribution in [0.2, 0.25) is 10.1 Å². The fourth-order valence-corrected chi connectivity index (χ4v) is 13.6. The fraction of sp³-hybridized carbons (Fsp3) is 0.500. The number of ether oxygens (including phenoxy) is 8. The molecule has 3 saturated heterocycles. The van der Waals surface area contributed by atoms with Gasteiger partial charge in [-0.3, -0.25) is 0 Å². The lowest BCUT2D eigenvalue weighted by Gasteiger charge is -2.53. The van der Waals surface area contributed by atoms with E-state index in [1.807, 2.05) is 109 Å². The van der Waals surface area contributed by atoms with Crippen molar-refractivity contribution in [3.8, 4) is 0 Å². The third-order valence-electron chi connectivity index (χ3n) is 11.4. The fourth-order valence-electron chi connectivity index (χ4n) is 8.64. The first kappa shape index (κ1) is 43.8. The van der Waals surface area contributed by atoms with Crippen LogP contribution in [0.5, 0.6) is 0 Å². The normalized spacial score (nSPS) is 28.3. The summed E-state index contributed by atoms with van der Waals surface area (Å²) >= 11 is 0. The van der Waals surface area contributed by atoms with Crippen LogP contribution in [-0.2, 0) is 73.2 Å². The van der Waals surface area contributed by atoms with Gasteiger partial charge in [0.05, 0.1) is 39.6 Å². The first-order valence-electron chi connectivity index (χ1n) is 20.8. The van der Waals surface area contributed by atoms with Gasteiger partial charge >= 0.3 is 8.56 Å². The standard InChI is InChI=1S/C48H62O10Si/c1-47(2,3)59(48(4,5)6)55-33-39-41(58-59)43(52-30-36-24-16-10-17-25-36)46(57-39)54-32-38-40(50-28-34-20-12-8-13-21-34)42(51-29-35-22-14-9-15-23-35)44(45(49-7)56-38)53-31-37-26-18-11-19-27-37/h8-27,38-46H,28-33H2,1-7H3/t38-,39-,40-,41-,42+,43+,44-,45+,46+/m1/s1. The van der Waals surface area contributed by atoms with Crippen molar-refractivity contribution in [2.45, 2.75) is 133 Å². The molecule has 0 aromatic heterocycles. The van der Waals surface area contributed by atoms with Crippen molar-refractivity contribution in [2.75, 3.05) is 20.3 Å². The molecule has 3 aliphatic rings. The molecule has 0 bridgehead atoms. The van der Waals surface area contributed by atoms with E-state index >= 15 is 0 Å². The molecule has 0 saturated carbocycles. The quantitative estimate of drug-likeness (QED) is 0.102. The molecule has 7 rings (SSSR count). The van der Waals surface area contributed by atoms with E-state index < -0.39 is 57.8 Å². The molecule has 4 aromatic rings. The van der Waals surface area contributed by atoms with E-state index in [9.17, 15) is 0 Å². The third-order valence-corrected chi connectivity index (χ3v) is 16.5. The van der Waals surface area contributed by atoms with Gasteiger partial charge < -0.3 is 46.7 Å². The molecule has 4 aromatic carbocycles. The van der Waals surface area contributed by atoms with Crippen molar-refractivity contribution in [2.24, 2.45) is 0 Å². The lowest BCUT2D eigenvalue weighted by Crippen LogP contribution is -2.65. The zero-order valence-corrected chi connectivity index (χ0v) is 36.6. The number of rotatable bonds is 16. The van der Waals surface area contributed by atoms with Gasteiger partial charge in [0.1, 0.15) is 42.7 Å². The topological polar surface area (TPSA) is 92.3 Å². The van der Waals surface area contributed by atoms with Gasteiger partial charge in [-0.25, -0.2) is 0 Å². The van der Waals surface area contributed by atoms with Gasteiger partial charge in [-0.15, -0.1) is 0 Å². The molecule has 9 atom stereocenters. The highest BCUT2D eigenvalue weighted by Crippen LogP contribution is 2.55. The molecular formula is C48H62O10Si. The molecule has 0 unspecified atom stereocenters. The number of benzene rings is 4. The zero-order valence-electron chi connectivity index (χ0n) is 35.6. The van der Waals surface area contributed by atoms with Crippen molar-refractivity contribution in [1.29, 1.82) is 0 Å². The van der Waals surface area contributed by atoms with E-state index in [-0.39, 0.29) is 22.8 Å². The summed E-state index contributed by atoms with van der Waals surface area (Å²) in [4.78, 5) is 0. The molecule has 3 heterocycles. The average molecular weight is 827 g/mol. The molecule has 0 aliphatic carbocycles. The largest absolute Gasteiger partial charge is 0.391 e. The summed E-state index contributed by atoms with van der Waals surface area (Å²) in [7, 11) is -1.25. The number of hydrogen-bond donors (Lipinski definition) is 0. The van der Waals surface area contributed by atoms with Gasteiger partial charge in [0.25, 0.3) is 0 Å². The second kappa shape index (κ2) is 19.6. The minimum atomic E-state index is -2.87. The predicted octanol–water partition coefficient (Wildman–Crippen LogP) is 8.90. The molecule has 0 radical (unpaired) electrons. The lowest BCUT2D eigenvalue weighted by molar-refractivity contribution is -0.328. The second-order valence-electron chi connectivity index (χ2n) is 17.7. The van der Waals surface area contributed by atoms with Crippen molar-refractivity contribution in [1.82, 2.24) is 0 Å². The maximum absolute atomic E-state index is 7.24. The highest BCUT2D eigenvalue weighted by Gasteiger charge is 2.65. The maximum atomic E-state index is 7.24. The summed E-state index contributed by atoms with van der Waals surface area (Å²) in [6.45, 7) is 15.1. The van der Waals surface area contributed by atoms with E-state index in [1.54, 1.807) is 7.11 Å². The van der Waals surface area contributed by atoms with Crippen LogP contribution >= 0.6 is 0 Å². The van der Waals surface area contributed by atoms with Crippen LogP contribution in [0.3, 0.4) is 0 Å². The number of fused-ring (bicyclic) bond motifs is 1. The summed E-state index contributed by atoms with van der Waals surface area (Å²) in [5.74, 6) is 0. The molecule has 0 spiro atoms. The van der Waals surface area contributed by atoms with Crippen molar-refractivity contribution >= 4 is 8.56 Å². The van der Waals surface area contributed by atoms with E-state index in [0.29, 0.717) is 33.0 Å². The van der Waals surface area contributed by atoms with Crippen molar-refractivity contribution in [3.63, 3.8) is 0 Å². The monoisotopic (exact) mass is 826 g/mol. The summed E-state index contributed by atoms with van der Waals surface area (Å²) in [6.07, 6.45) is -5.39. The Morgan fingerprint density at radius 2 is 0.932 bits per heavy atom. The third kappa shape index (κ3) is 10.4. The molecular weight excluding hydrogens is 765 g/mol. The summed E-state index contributed by atoms with van der Waals surface area (Å²) in [5.41, 5.74) is 4.11. The van der Waals surface area contributed by atoms with Crippen LogP contribution in [0, 0.1) is 0 Å². The van der Waals surface area contributed by atoms with Crippen LogP contribution in [0.15, 0.2) is 121 Å². The molecule has 3 aliphatic heterocycles. The minimum absolute atomic E-state index is 0.0905. The van der Waals surface area contributed by atoms with Gasteiger partial charge in [-0.2, -0.15) is 0 Å². The van der Waals surface area contributed by atoms with Crippen LogP contribution in [0.4, 0.5) is 0 Å². The van der Waals surface area contributed by atoms with E-state index in [0.717, 1.165) is 22.3 Å². The zero-order chi connectivity index (χ0) is 41.5. The summed E-state index contributed by atoms with van der Waals surface area (Å²) in [5, 5.41) is -0.442. The van der Waals surface area contributed by atoms with Crippen LogP contribution in [0.25, 0.3) is 0 Å². The van der Waals surface area contributed by atoms with Crippen molar-refractivity contribution in [3.05, 3.63) is 144 Å². The first-order valence-corrected chi connectivity index (χ1v) is 22.7. The number of methoxy groups -OCH3 is 1. The summed E-state index contributed by atoms with van der Waals surface area (Å²) < 4.78 is 67.4. The first-order chi connectivity index (χ1) is 28.5. The van der Waals surface area contributed by atoms with E-state index in [1.165, 1.54) is 0 Å².